The van der Waals surface area contributed by atoms with Gasteiger partial charge in [0.2, 0.25) is 0 Å². The average Bonchev–Trinajstić information content (AvgIpc) is 2.54. The van der Waals surface area contributed by atoms with E-state index < -0.39 is 4.92 Å². The van der Waals surface area contributed by atoms with Gasteiger partial charge in [0.15, 0.2) is 0 Å². The van der Waals surface area contributed by atoms with Crippen LogP contribution in [0.4, 0.5) is 11.4 Å². The fraction of sp³-hybridized carbons (Fsp3) is 0.176. The molecule has 0 spiro atoms. The number of rotatable bonds is 6. The lowest BCUT2D eigenvalue weighted by Crippen LogP contribution is -2.26. The summed E-state index contributed by atoms with van der Waals surface area (Å²) in [6, 6.07) is 12.1. The quantitative estimate of drug-likeness (QED) is 0.484. The summed E-state index contributed by atoms with van der Waals surface area (Å²) in [5.74, 6) is -0.343. The third-order valence-electron chi connectivity index (χ3n) is 3.35. The van der Waals surface area contributed by atoms with Crippen LogP contribution >= 0.6 is 0 Å². The van der Waals surface area contributed by atoms with Crippen molar-refractivity contribution in [2.24, 2.45) is 5.10 Å². The number of benzene rings is 2. The van der Waals surface area contributed by atoms with Crippen molar-refractivity contribution in [3.63, 3.8) is 0 Å². The number of nitrogens with zero attached hydrogens (tertiary/aromatic N) is 2. The van der Waals surface area contributed by atoms with Crippen LogP contribution in [0, 0.1) is 24.0 Å². The molecule has 0 bridgehead atoms. The van der Waals surface area contributed by atoms with E-state index in [0.29, 0.717) is 5.56 Å². The van der Waals surface area contributed by atoms with Crippen molar-refractivity contribution in [1.29, 1.82) is 0 Å². The minimum Gasteiger partial charge on any atom is -0.376 e. The van der Waals surface area contributed by atoms with Gasteiger partial charge in [-0.1, -0.05) is 29.8 Å². The van der Waals surface area contributed by atoms with Crippen LogP contribution in [0.5, 0.6) is 0 Å². The monoisotopic (exact) mass is 326 g/mol. The maximum atomic E-state index is 11.8. The van der Waals surface area contributed by atoms with Gasteiger partial charge in [-0.05, 0) is 31.5 Å². The number of para-hydroxylation sites is 1. The van der Waals surface area contributed by atoms with Gasteiger partial charge in [0.05, 0.1) is 23.2 Å². The van der Waals surface area contributed by atoms with E-state index in [-0.39, 0.29) is 18.1 Å². The van der Waals surface area contributed by atoms with E-state index in [2.05, 4.69) is 15.8 Å². The van der Waals surface area contributed by atoms with Gasteiger partial charge in [-0.15, -0.1) is 0 Å². The number of hydrazone groups is 1. The molecule has 0 saturated heterocycles. The van der Waals surface area contributed by atoms with Gasteiger partial charge in [-0.3, -0.25) is 14.9 Å². The molecule has 24 heavy (non-hydrogen) atoms. The van der Waals surface area contributed by atoms with Crippen molar-refractivity contribution < 1.29 is 9.72 Å². The third kappa shape index (κ3) is 4.64. The van der Waals surface area contributed by atoms with Crippen LogP contribution in [0.25, 0.3) is 0 Å². The molecule has 0 heterocycles. The van der Waals surface area contributed by atoms with Gasteiger partial charge in [-0.25, -0.2) is 5.43 Å². The van der Waals surface area contributed by atoms with E-state index >= 15 is 0 Å². The van der Waals surface area contributed by atoms with E-state index in [4.69, 9.17) is 0 Å². The molecule has 0 aliphatic heterocycles. The number of amides is 1. The first-order valence-electron chi connectivity index (χ1n) is 7.34. The molecule has 2 aromatic rings. The third-order valence-corrected chi connectivity index (χ3v) is 3.35. The van der Waals surface area contributed by atoms with Crippen LogP contribution in [0.1, 0.15) is 16.7 Å². The molecule has 7 nitrogen and oxygen atoms in total. The summed E-state index contributed by atoms with van der Waals surface area (Å²) in [6.45, 7) is 4.01. The number of hydrogen-bond acceptors (Lipinski definition) is 5. The number of nitro benzene ring substituents is 1. The zero-order valence-electron chi connectivity index (χ0n) is 13.4. The van der Waals surface area contributed by atoms with Crippen LogP contribution in [0.2, 0.25) is 0 Å². The predicted molar refractivity (Wildman–Crippen MR) is 93.2 cm³/mol. The predicted octanol–water partition coefficient (Wildman–Crippen LogP) is 2.77. The smallest absolute Gasteiger partial charge is 0.278 e. The molecule has 0 radical (unpaired) electrons. The standard InChI is InChI=1S/C17H18N4O3/c1-12-7-8-15(13(2)9-12)18-11-17(22)20-19-10-14-5-3-4-6-16(14)21(23)24/h3-10,18H,11H2,1-2H3,(H,20,22). The minimum absolute atomic E-state index is 0.0537. The van der Waals surface area contributed by atoms with E-state index in [0.717, 1.165) is 16.8 Å². The lowest BCUT2D eigenvalue weighted by Gasteiger charge is -2.09. The number of aryl methyl sites for hydroxylation is 2. The first-order chi connectivity index (χ1) is 11.5. The normalized spacial score (nSPS) is 10.6. The van der Waals surface area contributed by atoms with Gasteiger partial charge < -0.3 is 5.32 Å². The second-order valence-electron chi connectivity index (χ2n) is 5.28. The zero-order valence-corrected chi connectivity index (χ0v) is 13.4. The van der Waals surface area contributed by atoms with Crippen molar-refractivity contribution in [2.45, 2.75) is 13.8 Å². The maximum absolute atomic E-state index is 11.8. The minimum atomic E-state index is -0.495. The zero-order chi connectivity index (χ0) is 17.5. The molecule has 7 heteroatoms. The van der Waals surface area contributed by atoms with Crippen LogP contribution in [0.3, 0.4) is 0 Å². The number of hydrogen-bond donors (Lipinski definition) is 2. The molecule has 1 amide bonds. The molecule has 0 unspecified atom stereocenters. The molecule has 0 fully saturated rings. The van der Waals surface area contributed by atoms with E-state index in [1.165, 1.54) is 12.3 Å². The highest BCUT2D eigenvalue weighted by Gasteiger charge is 2.10. The van der Waals surface area contributed by atoms with Crippen LogP contribution in [-0.4, -0.2) is 23.6 Å². The van der Waals surface area contributed by atoms with E-state index in [1.54, 1.807) is 18.2 Å². The Bertz CT molecular complexity index is 787. The molecular formula is C17H18N4O3. The molecule has 2 N–H and O–H groups in total. The summed E-state index contributed by atoms with van der Waals surface area (Å²) >= 11 is 0. The Morgan fingerprint density at radius 1 is 1.25 bits per heavy atom. The summed E-state index contributed by atoms with van der Waals surface area (Å²) in [5, 5.41) is 17.7. The molecule has 2 rings (SSSR count). The van der Waals surface area contributed by atoms with Gasteiger partial charge in [-0.2, -0.15) is 5.10 Å². The van der Waals surface area contributed by atoms with Crippen molar-refractivity contribution in [3.05, 3.63) is 69.3 Å². The van der Waals surface area contributed by atoms with E-state index in [1.807, 2.05) is 32.0 Å². The highest BCUT2D eigenvalue weighted by atomic mass is 16.6. The van der Waals surface area contributed by atoms with Crippen molar-refractivity contribution in [1.82, 2.24) is 5.43 Å². The molecule has 0 aliphatic rings. The Morgan fingerprint density at radius 3 is 2.71 bits per heavy atom. The van der Waals surface area contributed by atoms with Gasteiger partial charge in [0.1, 0.15) is 0 Å². The lowest BCUT2D eigenvalue weighted by atomic mass is 10.1. The summed E-state index contributed by atoms with van der Waals surface area (Å²) in [7, 11) is 0. The molecular weight excluding hydrogens is 308 g/mol. The number of nitrogens with one attached hydrogen (secondary N) is 2. The number of carbonyl (C=O) groups excluding carboxylic acids is 1. The SMILES string of the molecule is Cc1ccc(NCC(=O)NN=Cc2ccccc2[N+](=O)[O-])c(C)c1. The Kier molecular flexibility index (Phi) is 5.62. The maximum Gasteiger partial charge on any atom is 0.278 e. The Balaban J connectivity index is 1.90. The Labute approximate surface area is 139 Å². The van der Waals surface area contributed by atoms with Crippen molar-refractivity contribution in [3.8, 4) is 0 Å². The number of carbonyl (C=O) groups is 1. The lowest BCUT2D eigenvalue weighted by molar-refractivity contribution is -0.385. The largest absolute Gasteiger partial charge is 0.376 e. The molecule has 124 valence electrons. The first kappa shape index (κ1) is 17.1. The van der Waals surface area contributed by atoms with Gasteiger partial charge in [0.25, 0.3) is 11.6 Å². The fourth-order valence-corrected chi connectivity index (χ4v) is 2.16. The van der Waals surface area contributed by atoms with E-state index in [9.17, 15) is 14.9 Å². The average molecular weight is 326 g/mol. The summed E-state index contributed by atoms with van der Waals surface area (Å²) in [5.41, 5.74) is 5.67. The molecule has 0 atom stereocenters. The molecule has 2 aromatic carbocycles. The molecule has 0 aromatic heterocycles. The molecule has 0 saturated carbocycles. The van der Waals surface area contributed by atoms with Crippen LogP contribution < -0.4 is 10.7 Å². The van der Waals surface area contributed by atoms with Gasteiger partial charge >= 0.3 is 0 Å². The van der Waals surface area contributed by atoms with Gasteiger partial charge in [0, 0.05) is 11.8 Å². The second-order valence-corrected chi connectivity index (χ2v) is 5.28. The Hall–Kier alpha value is -3.22. The number of anilines is 1. The van der Waals surface area contributed by atoms with Crippen LogP contribution in [-0.2, 0) is 4.79 Å². The number of nitro groups is 1. The second kappa shape index (κ2) is 7.87. The fourth-order valence-electron chi connectivity index (χ4n) is 2.16. The summed E-state index contributed by atoms with van der Waals surface area (Å²) in [4.78, 5) is 22.2. The highest BCUT2D eigenvalue weighted by Crippen LogP contribution is 2.16. The van der Waals surface area contributed by atoms with Crippen molar-refractivity contribution in [2.75, 3.05) is 11.9 Å². The first-order valence-corrected chi connectivity index (χ1v) is 7.34. The highest BCUT2D eigenvalue weighted by molar-refractivity contribution is 5.87. The Morgan fingerprint density at radius 2 is 2.00 bits per heavy atom. The summed E-state index contributed by atoms with van der Waals surface area (Å²) < 4.78 is 0. The van der Waals surface area contributed by atoms with Crippen molar-refractivity contribution >= 4 is 23.5 Å². The topological polar surface area (TPSA) is 96.6 Å². The summed E-state index contributed by atoms with van der Waals surface area (Å²) in [6.07, 6.45) is 1.26. The van der Waals surface area contributed by atoms with Crippen LogP contribution in [0.15, 0.2) is 47.6 Å². The molecule has 0 aliphatic carbocycles.